The monoisotopic (exact) mass is 400 g/mol. The summed E-state index contributed by atoms with van der Waals surface area (Å²) in [5.41, 5.74) is 2.42. The molecule has 2 aromatic rings. The lowest BCUT2D eigenvalue weighted by molar-refractivity contribution is -0.151. The average Bonchev–Trinajstić information content (AvgIpc) is 3.03. The van der Waals surface area contributed by atoms with Crippen LogP contribution in [0.25, 0.3) is 0 Å². The Morgan fingerprint density at radius 3 is 2.68 bits per heavy atom. The van der Waals surface area contributed by atoms with Gasteiger partial charge in [0.05, 0.1) is 5.92 Å². The minimum absolute atomic E-state index is 0.0907. The molecule has 6 nitrogen and oxygen atoms in total. The smallest absolute Gasteiger partial charge is 0.311 e. The molecule has 3 rings (SSSR count). The van der Waals surface area contributed by atoms with Crippen LogP contribution in [0.5, 0.6) is 0 Å². The molecule has 2 amide bonds. The maximum absolute atomic E-state index is 12.3. The predicted octanol–water partition coefficient (Wildman–Crippen LogP) is 3.18. The van der Waals surface area contributed by atoms with E-state index < -0.39 is 24.4 Å². The molecule has 0 unspecified atom stereocenters. The van der Waals surface area contributed by atoms with Crippen LogP contribution in [-0.4, -0.2) is 35.8 Å². The van der Waals surface area contributed by atoms with Crippen molar-refractivity contribution in [2.75, 3.05) is 18.5 Å². The molecule has 1 aliphatic rings. The van der Waals surface area contributed by atoms with E-state index in [1.807, 2.05) is 37.3 Å². The molecular weight excluding hydrogens is 380 g/mol. The second kappa shape index (κ2) is 8.89. The third kappa shape index (κ3) is 5.10. The van der Waals surface area contributed by atoms with Crippen LogP contribution in [0, 0.1) is 12.8 Å². The summed E-state index contributed by atoms with van der Waals surface area (Å²) in [6, 6.07) is 14.7. The Kier molecular flexibility index (Phi) is 6.31. The van der Waals surface area contributed by atoms with Gasteiger partial charge in [-0.1, -0.05) is 41.9 Å². The van der Waals surface area contributed by atoms with Crippen LogP contribution in [0.2, 0.25) is 5.02 Å². The fourth-order valence-corrected chi connectivity index (χ4v) is 3.32. The fraction of sp³-hybridized carbons (Fsp3) is 0.286. The Hall–Kier alpha value is -2.86. The Labute approximate surface area is 168 Å². The highest BCUT2D eigenvalue weighted by atomic mass is 35.5. The third-order valence-corrected chi connectivity index (χ3v) is 4.81. The number of aryl methyl sites for hydroxylation is 1. The second-order valence-corrected chi connectivity index (χ2v) is 7.21. The first kappa shape index (κ1) is 19.9. The van der Waals surface area contributed by atoms with Gasteiger partial charge in [0, 0.05) is 30.2 Å². The number of nitrogens with one attached hydrogen (secondary N) is 1. The summed E-state index contributed by atoms with van der Waals surface area (Å²) in [5.74, 6) is -1.62. The van der Waals surface area contributed by atoms with Crippen LogP contribution in [-0.2, 0) is 25.7 Å². The maximum atomic E-state index is 12.3. The molecule has 2 aromatic carbocycles. The van der Waals surface area contributed by atoms with Crippen molar-refractivity contribution in [3.05, 3.63) is 64.7 Å². The second-order valence-electron chi connectivity index (χ2n) is 6.78. The van der Waals surface area contributed by atoms with Gasteiger partial charge in [0.1, 0.15) is 0 Å². The molecule has 28 heavy (non-hydrogen) atoms. The molecule has 0 saturated carbocycles. The molecule has 0 radical (unpaired) electrons. The van der Waals surface area contributed by atoms with Gasteiger partial charge in [-0.3, -0.25) is 14.4 Å². The lowest BCUT2D eigenvalue weighted by Gasteiger charge is -2.16. The number of rotatable bonds is 6. The van der Waals surface area contributed by atoms with E-state index in [0.29, 0.717) is 23.8 Å². The van der Waals surface area contributed by atoms with Crippen LogP contribution in [0.1, 0.15) is 17.5 Å². The fourth-order valence-electron chi connectivity index (χ4n) is 3.09. The number of anilines is 1. The number of likely N-dealkylation sites (tertiary alicyclic amines) is 1. The van der Waals surface area contributed by atoms with Gasteiger partial charge in [-0.2, -0.15) is 0 Å². The van der Waals surface area contributed by atoms with Crippen molar-refractivity contribution in [2.45, 2.75) is 19.9 Å². The van der Waals surface area contributed by atoms with Crippen LogP contribution in [0.3, 0.4) is 0 Å². The van der Waals surface area contributed by atoms with Gasteiger partial charge in [-0.25, -0.2) is 0 Å². The van der Waals surface area contributed by atoms with E-state index in [2.05, 4.69) is 5.32 Å². The first-order valence-corrected chi connectivity index (χ1v) is 9.34. The summed E-state index contributed by atoms with van der Waals surface area (Å²) in [4.78, 5) is 38.1. The highest BCUT2D eigenvalue weighted by molar-refractivity contribution is 6.30. The van der Waals surface area contributed by atoms with E-state index >= 15 is 0 Å². The average molecular weight is 401 g/mol. The summed E-state index contributed by atoms with van der Waals surface area (Å²) in [7, 11) is 0. The number of hydrogen-bond acceptors (Lipinski definition) is 4. The molecule has 1 atom stereocenters. The minimum atomic E-state index is -0.554. The Balaban J connectivity index is 1.48. The largest absolute Gasteiger partial charge is 0.455 e. The molecule has 0 spiro atoms. The molecule has 0 aromatic heterocycles. The van der Waals surface area contributed by atoms with Gasteiger partial charge in [-0.05, 0) is 36.2 Å². The van der Waals surface area contributed by atoms with Gasteiger partial charge < -0.3 is 15.0 Å². The number of esters is 1. The number of hydrogen-bond donors (Lipinski definition) is 1. The van der Waals surface area contributed by atoms with Gasteiger partial charge in [0.25, 0.3) is 5.91 Å². The van der Waals surface area contributed by atoms with Crippen LogP contribution >= 0.6 is 11.6 Å². The third-order valence-electron chi connectivity index (χ3n) is 4.57. The van der Waals surface area contributed by atoms with Gasteiger partial charge in [-0.15, -0.1) is 0 Å². The maximum Gasteiger partial charge on any atom is 0.311 e. The van der Waals surface area contributed by atoms with Gasteiger partial charge in [0.2, 0.25) is 5.91 Å². The predicted molar refractivity (Wildman–Crippen MR) is 106 cm³/mol. The molecule has 1 heterocycles. The van der Waals surface area contributed by atoms with Gasteiger partial charge in [0.15, 0.2) is 6.61 Å². The number of amides is 2. The molecule has 7 heteroatoms. The van der Waals surface area contributed by atoms with Crippen molar-refractivity contribution < 1.29 is 19.1 Å². The lowest BCUT2D eigenvalue weighted by Crippen LogP contribution is -2.28. The van der Waals surface area contributed by atoms with Crippen molar-refractivity contribution in [1.82, 2.24) is 4.90 Å². The van der Waals surface area contributed by atoms with Crippen molar-refractivity contribution in [3.63, 3.8) is 0 Å². The standard InChI is InChI=1S/C21H21ClN2O4/c1-14-9-17(22)7-8-18(14)23-19(25)13-28-21(27)16-10-20(26)24(12-16)11-15-5-3-2-4-6-15/h2-9,16H,10-13H2,1H3,(H,23,25)/t16-/m1/s1. The minimum Gasteiger partial charge on any atom is -0.455 e. The van der Waals surface area contributed by atoms with E-state index in [1.165, 1.54) is 0 Å². The molecule has 0 aliphatic carbocycles. The summed E-state index contributed by atoms with van der Waals surface area (Å²) in [6.45, 7) is 2.17. The van der Waals surface area contributed by atoms with Crippen LogP contribution < -0.4 is 5.32 Å². The SMILES string of the molecule is Cc1cc(Cl)ccc1NC(=O)COC(=O)[C@@H]1CC(=O)N(Cc2ccccc2)C1. The zero-order valence-electron chi connectivity index (χ0n) is 15.5. The van der Waals surface area contributed by atoms with Crippen molar-refractivity contribution in [3.8, 4) is 0 Å². The highest BCUT2D eigenvalue weighted by Crippen LogP contribution is 2.22. The van der Waals surface area contributed by atoms with Crippen molar-refractivity contribution in [1.29, 1.82) is 0 Å². The zero-order valence-corrected chi connectivity index (χ0v) is 16.2. The van der Waals surface area contributed by atoms with E-state index in [9.17, 15) is 14.4 Å². The van der Waals surface area contributed by atoms with E-state index in [1.54, 1.807) is 23.1 Å². The molecular formula is C21H21ClN2O4. The number of carbonyl (C=O) groups is 3. The van der Waals surface area contributed by atoms with Gasteiger partial charge >= 0.3 is 5.97 Å². The summed E-state index contributed by atoms with van der Waals surface area (Å²) in [5, 5.41) is 3.26. The zero-order chi connectivity index (χ0) is 20.1. The van der Waals surface area contributed by atoms with Crippen molar-refractivity contribution >= 4 is 35.1 Å². The molecule has 1 saturated heterocycles. The number of halogens is 1. The van der Waals surface area contributed by atoms with E-state index in [0.717, 1.165) is 11.1 Å². The number of nitrogens with zero attached hydrogens (tertiary/aromatic N) is 1. The van der Waals surface area contributed by atoms with Crippen molar-refractivity contribution in [2.24, 2.45) is 5.92 Å². The normalized spacial score (nSPS) is 16.1. The molecule has 1 N–H and O–H groups in total. The quantitative estimate of drug-likeness (QED) is 0.755. The van der Waals surface area contributed by atoms with E-state index in [-0.39, 0.29) is 12.3 Å². The molecule has 0 bridgehead atoms. The lowest BCUT2D eigenvalue weighted by atomic mass is 10.1. The summed E-state index contributed by atoms with van der Waals surface area (Å²) in [6.07, 6.45) is 0.101. The molecule has 1 fully saturated rings. The Bertz CT molecular complexity index is 885. The number of carbonyl (C=O) groups excluding carboxylic acids is 3. The Morgan fingerprint density at radius 2 is 1.96 bits per heavy atom. The number of benzene rings is 2. The summed E-state index contributed by atoms with van der Waals surface area (Å²) < 4.78 is 5.11. The summed E-state index contributed by atoms with van der Waals surface area (Å²) >= 11 is 5.89. The van der Waals surface area contributed by atoms with E-state index in [4.69, 9.17) is 16.3 Å². The first-order valence-electron chi connectivity index (χ1n) is 8.96. The van der Waals surface area contributed by atoms with Crippen LogP contribution in [0.15, 0.2) is 48.5 Å². The molecule has 1 aliphatic heterocycles. The Morgan fingerprint density at radius 1 is 1.21 bits per heavy atom. The first-order chi connectivity index (χ1) is 13.4. The van der Waals surface area contributed by atoms with Crippen LogP contribution in [0.4, 0.5) is 5.69 Å². The highest BCUT2D eigenvalue weighted by Gasteiger charge is 2.35. The topological polar surface area (TPSA) is 75.7 Å². The molecule has 146 valence electrons. The number of ether oxygens (including phenoxy) is 1.